The maximum absolute atomic E-state index is 5.59. The summed E-state index contributed by atoms with van der Waals surface area (Å²) in [7, 11) is 0. The van der Waals surface area contributed by atoms with Gasteiger partial charge in [0.2, 0.25) is 0 Å². The van der Waals surface area contributed by atoms with E-state index in [1.54, 1.807) is 0 Å². The molecule has 110 valence electrons. The fraction of sp³-hybridized carbons (Fsp3) is 0.333. The molecule has 2 aromatic carbocycles. The van der Waals surface area contributed by atoms with Crippen LogP contribution in [0, 0.1) is 6.92 Å². The largest absolute Gasteiger partial charge is 0.493 e. The molecule has 1 aliphatic rings. The van der Waals surface area contributed by atoms with Gasteiger partial charge in [0.05, 0.1) is 12.6 Å². The summed E-state index contributed by atoms with van der Waals surface area (Å²) in [5.74, 6) is 1.05. The normalized spacial score (nSPS) is 14.4. The summed E-state index contributed by atoms with van der Waals surface area (Å²) in [5.41, 5.74) is 5.07. The molecular formula is C18H20BrNO. The van der Waals surface area contributed by atoms with Gasteiger partial charge in [-0.3, -0.25) is 0 Å². The first kappa shape index (κ1) is 14.5. The lowest BCUT2D eigenvalue weighted by Crippen LogP contribution is -2.10. The molecule has 2 nitrogen and oxygen atoms in total. The van der Waals surface area contributed by atoms with Crippen molar-refractivity contribution in [1.29, 1.82) is 0 Å². The Morgan fingerprint density at radius 3 is 2.90 bits per heavy atom. The summed E-state index contributed by atoms with van der Waals surface area (Å²) in [5, 5.41) is 3.66. The predicted octanol–water partition coefficient (Wildman–Crippen LogP) is 5.26. The zero-order valence-corrected chi connectivity index (χ0v) is 14.0. The Morgan fingerprint density at radius 2 is 2.10 bits per heavy atom. The maximum Gasteiger partial charge on any atom is 0.122 e. The molecule has 1 heterocycles. The quantitative estimate of drug-likeness (QED) is 0.816. The third-order valence-electron chi connectivity index (χ3n) is 3.98. The number of ether oxygens (including phenoxy) is 1. The number of aryl methyl sites for hydroxylation is 1. The van der Waals surface area contributed by atoms with Crippen molar-refractivity contribution in [3.63, 3.8) is 0 Å². The highest BCUT2D eigenvalue weighted by Gasteiger charge is 2.16. The summed E-state index contributed by atoms with van der Waals surface area (Å²) in [6.07, 6.45) is 2.06. The van der Waals surface area contributed by atoms with Crippen LogP contribution in [0.2, 0.25) is 0 Å². The van der Waals surface area contributed by atoms with E-state index in [4.69, 9.17) is 4.74 Å². The third kappa shape index (κ3) is 3.08. The Kier molecular flexibility index (Phi) is 4.20. The zero-order chi connectivity index (χ0) is 14.8. The van der Waals surface area contributed by atoms with Crippen LogP contribution >= 0.6 is 15.9 Å². The van der Waals surface area contributed by atoms with Gasteiger partial charge in [0, 0.05) is 16.6 Å². The van der Waals surface area contributed by atoms with E-state index in [-0.39, 0.29) is 0 Å². The number of anilines is 1. The van der Waals surface area contributed by atoms with Gasteiger partial charge in [-0.25, -0.2) is 0 Å². The van der Waals surface area contributed by atoms with Crippen LogP contribution in [0.5, 0.6) is 5.75 Å². The number of hydrogen-bond donors (Lipinski definition) is 1. The van der Waals surface area contributed by atoms with E-state index in [9.17, 15) is 0 Å². The van der Waals surface area contributed by atoms with Gasteiger partial charge in [-0.2, -0.15) is 0 Å². The second-order valence-corrected chi connectivity index (χ2v) is 6.41. The summed E-state index contributed by atoms with van der Waals surface area (Å²) >= 11 is 3.63. The number of benzene rings is 2. The molecule has 0 amide bonds. The molecule has 3 rings (SSSR count). The predicted molar refractivity (Wildman–Crippen MR) is 91.2 cm³/mol. The molecular weight excluding hydrogens is 326 g/mol. The number of rotatable bonds is 4. The minimum atomic E-state index is 0.314. The van der Waals surface area contributed by atoms with E-state index in [1.807, 2.05) is 0 Å². The van der Waals surface area contributed by atoms with Gasteiger partial charge in [-0.15, -0.1) is 0 Å². The number of hydrogen-bond acceptors (Lipinski definition) is 2. The Bertz CT molecular complexity index is 654. The third-order valence-corrected chi connectivity index (χ3v) is 4.67. The standard InChI is InChI=1S/C18H20BrNO/c1-3-16(20-17-10-12(2)4-6-15(17)19)13-5-7-18-14(11-13)8-9-21-18/h4-7,10-11,16,20H,3,8-9H2,1-2H3. The fourth-order valence-corrected chi connectivity index (χ4v) is 3.14. The van der Waals surface area contributed by atoms with Crippen molar-refractivity contribution in [2.75, 3.05) is 11.9 Å². The molecule has 21 heavy (non-hydrogen) atoms. The topological polar surface area (TPSA) is 21.3 Å². The van der Waals surface area contributed by atoms with Crippen LogP contribution in [0.1, 0.15) is 36.1 Å². The van der Waals surface area contributed by atoms with Crippen LogP contribution in [0.25, 0.3) is 0 Å². The molecule has 0 fully saturated rings. The summed E-state index contributed by atoms with van der Waals surface area (Å²) in [6, 6.07) is 13.3. The molecule has 1 aliphatic heterocycles. The maximum atomic E-state index is 5.59. The minimum Gasteiger partial charge on any atom is -0.493 e. The van der Waals surface area contributed by atoms with E-state index in [2.05, 4.69) is 71.5 Å². The molecule has 0 aromatic heterocycles. The monoisotopic (exact) mass is 345 g/mol. The van der Waals surface area contributed by atoms with Crippen molar-refractivity contribution in [2.45, 2.75) is 32.7 Å². The van der Waals surface area contributed by atoms with Gasteiger partial charge in [0.1, 0.15) is 5.75 Å². The van der Waals surface area contributed by atoms with Crippen molar-refractivity contribution in [3.8, 4) is 5.75 Å². The molecule has 3 heteroatoms. The lowest BCUT2D eigenvalue weighted by atomic mass is 10.0. The summed E-state index contributed by atoms with van der Waals surface area (Å²) in [6.45, 7) is 5.14. The number of nitrogens with one attached hydrogen (secondary N) is 1. The van der Waals surface area contributed by atoms with Crippen LogP contribution in [0.4, 0.5) is 5.69 Å². The van der Waals surface area contributed by atoms with E-state index in [0.29, 0.717) is 6.04 Å². The average Bonchev–Trinajstić information content (AvgIpc) is 2.95. The smallest absolute Gasteiger partial charge is 0.122 e. The lowest BCUT2D eigenvalue weighted by molar-refractivity contribution is 0.357. The second-order valence-electron chi connectivity index (χ2n) is 5.55. The number of halogens is 1. The van der Waals surface area contributed by atoms with Crippen molar-refractivity contribution in [2.24, 2.45) is 0 Å². The SMILES string of the molecule is CCC(Nc1cc(C)ccc1Br)c1ccc2c(c1)CCO2. The molecule has 0 bridgehead atoms. The first-order valence-corrected chi connectivity index (χ1v) is 8.25. The van der Waals surface area contributed by atoms with Crippen LogP contribution in [-0.4, -0.2) is 6.61 Å². The van der Waals surface area contributed by atoms with Gasteiger partial charge in [-0.1, -0.05) is 19.1 Å². The molecule has 0 saturated heterocycles. The van der Waals surface area contributed by atoms with E-state index in [0.717, 1.165) is 35.4 Å². The zero-order valence-electron chi connectivity index (χ0n) is 12.4. The van der Waals surface area contributed by atoms with Crippen LogP contribution in [-0.2, 0) is 6.42 Å². The van der Waals surface area contributed by atoms with Crippen LogP contribution in [0.3, 0.4) is 0 Å². The highest BCUT2D eigenvalue weighted by Crippen LogP contribution is 2.32. The molecule has 2 aromatic rings. The Morgan fingerprint density at radius 1 is 1.24 bits per heavy atom. The van der Waals surface area contributed by atoms with Crippen molar-refractivity contribution in [3.05, 3.63) is 57.6 Å². The van der Waals surface area contributed by atoms with E-state index < -0.39 is 0 Å². The molecule has 0 radical (unpaired) electrons. The van der Waals surface area contributed by atoms with Gasteiger partial charge >= 0.3 is 0 Å². The molecule has 1 unspecified atom stereocenters. The molecule has 0 aliphatic carbocycles. The van der Waals surface area contributed by atoms with Crippen LogP contribution < -0.4 is 10.1 Å². The average molecular weight is 346 g/mol. The Hall–Kier alpha value is -1.48. The first-order chi connectivity index (χ1) is 10.2. The van der Waals surface area contributed by atoms with E-state index in [1.165, 1.54) is 16.7 Å². The van der Waals surface area contributed by atoms with Crippen molar-refractivity contribution < 1.29 is 4.74 Å². The van der Waals surface area contributed by atoms with Gasteiger partial charge in [0.25, 0.3) is 0 Å². The molecule has 1 atom stereocenters. The van der Waals surface area contributed by atoms with Crippen molar-refractivity contribution >= 4 is 21.6 Å². The highest BCUT2D eigenvalue weighted by atomic mass is 79.9. The molecule has 1 N–H and O–H groups in total. The van der Waals surface area contributed by atoms with E-state index >= 15 is 0 Å². The minimum absolute atomic E-state index is 0.314. The summed E-state index contributed by atoms with van der Waals surface area (Å²) < 4.78 is 6.70. The molecule has 0 spiro atoms. The Balaban J connectivity index is 1.86. The first-order valence-electron chi connectivity index (χ1n) is 7.45. The van der Waals surface area contributed by atoms with Crippen LogP contribution in [0.15, 0.2) is 40.9 Å². The van der Waals surface area contributed by atoms with Gasteiger partial charge in [-0.05, 0) is 70.2 Å². The number of fused-ring (bicyclic) bond motifs is 1. The fourth-order valence-electron chi connectivity index (χ4n) is 2.78. The van der Waals surface area contributed by atoms with Crippen molar-refractivity contribution in [1.82, 2.24) is 0 Å². The highest BCUT2D eigenvalue weighted by molar-refractivity contribution is 9.10. The second kappa shape index (κ2) is 6.10. The summed E-state index contributed by atoms with van der Waals surface area (Å²) in [4.78, 5) is 0. The Labute approximate surface area is 134 Å². The van der Waals surface area contributed by atoms with Gasteiger partial charge in [0.15, 0.2) is 0 Å². The molecule has 0 saturated carbocycles. The van der Waals surface area contributed by atoms with Gasteiger partial charge < -0.3 is 10.1 Å². The lowest BCUT2D eigenvalue weighted by Gasteiger charge is -2.21.